The van der Waals surface area contributed by atoms with Crippen LogP contribution < -0.4 is 5.32 Å². The molecule has 0 aliphatic carbocycles. The van der Waals surface area contributed by atoms with Gasteiger partial charge in [0.1, 0.15) is 0 Å². The van der Waals surface area contributed by atoms with Crippen LogP contribution in [0.4, 0.5) is 0 Å². The van der Waals surface area contributed by atoms with Gasteiger partial charge in [-0.05, 0) is 19.2 Å². The average molecular weight is 246 g/mol. The number of ether oxygens (including phenoxy) is 1. The Bertz CT molecular complexity index is 180. The third-order valence-corrected chi connectivity index (χ3v) is 4.08. The molecule has 1 fully saturated rings. The summed E-state index contributed by atoms with van der Waals surface area (Å²) >= 11 is 1.99. The molecule has 1 saturated heterocycles. The molecule has 1 aliphatic rings. The van der Waals surface area contributed by atoms with E-state index in [1.165, 1.54) is 11.5 Å². The molecule has 0 saturated carbocycles. The van der Waals surface area contributed by atoms with E-state index in [1.54, 1.807) is 0 Å². The maximum Gasteiger partial charge on any atom is 0.0826 e. The summed E-state index contributed by atoms with van der Waals surface area (Å²) in [5, 5.41) is 3.56. The summed E-state index contributed by atoms with van der Waals surface area (Å²) in [5.74, 6) is 2.40. The zero-order valence-electron chi connectivity index (χ0n) is 10.9. The van der Waals surface area contributed by atoms with Crippen LogP contribution in [0.15, 0.2) is 0 Å². The van der Waals surface area contributed by atoms with E-state index in [0.717, 1.165) is 32.8 Å². The van der Waals surface area contributed by atoms with Crippen molar-refractivity contribution in [2.75, 3.05) is 44.3 Å². The van der Waals surface area contributed by atoms with Crippen LogP contribution in [0.1, 0.15) is 20.8 Å². The number of nitrogens with one attached hydrogen (secondary N) is 1. The molecule has 1 aliphatic heterocycles. The molecular weight excluding hydrogens is 220 g/mol. The molecule has 1 rings (SSSR count). The van der Waals surface area contributed by atoms with E-state index in [9.17, 15) is 0 Å². The van der Waals surface area contributed by atoms with Crippen molar-refractivity contribution < 1.29 is 4.74 Å². The fourth-order valence-electron chi connectivity index (χ4n) is 1.88. The summed E-state index contributed by atoms with van der Waals surface area (Å²) < 4.78 is 5.75. The van der Waals surface area contributed by atoms with Crippen LogP contribution in [0.3, 0.4) is 0 Å². The van der Waals surface area contributed by atoms with Gasteiger partial charge < -0.3 is 10.1 Å². The lowest BCUT2D eigenvalue weighted by Crippen LogP contribution is -2.48. The molecule has 96 valence electrons. The lowest BCUT2D eigenvalue weighted by atomic mass is 10.2. The van der Waals surface area contributed by atoms with Gasteiger partial charge in [-0.15, -0.1) is 0 Å². The zero-order valence-corrected chi connectivity index (χ0v) is 11.7. The Balaban J connectivity index is 2.11. The maximum absolute atomic E-state index is 5.75. The largest absolute Gasteiger partial charge is 0.374 e. The van der Waals surface area contributed by atoms with E-state index < -0.39 is 0 Å². The maximum atomic E-state index is 5.75. The third kappa shape index (κ3) is 5.53. The molecule has 0 aromatic carbocycles. The van der Waals surface area contributed by atoms with Gasteiger partial charge in [-0.25, -0.2) is 0 Å². The molecule has 0 aromatic heterocycles. The number of likely N-dealkylation sites (N-methyl/N-ethyl adjacent to an activating group) is 1. The molecule has 0 bridgehead atoms. The predicted molar refractivity (Wildman–Crippen MR) is 72.3 cm³/mol. The summed E-state index contributed by atoms with van der Waals surface area (Å²) in [5.41, 5.74) is 0. The second-order valence-corrected chi connectivity index (χ2v) is 5.67. The lowest BCUT2D eigenvalue weighted by Gasteiger charge is -2.32. The fourth-order valence-corrected chi connectivity index (χ4v) is 2.58. The number of nitrogens with zero attached hydrogens (tertiary/aromatic N) is 1. The normalized spacial score (nSPS) is 24.6. The molecule has 4 heteroatoms. The topological polar surface area (TPSA) is 24.5 Å². The van der Waals surface area contributed by atoms with E-state index >= 15 is 0 Å². The highest BCUT2D eigenvalue weighted by atomic mass is 32.2. The molecule has 2 atom stereocenters. The molecule has 1 N–H and O–H groups in total. The summed E-state index contributed by atoms with van der Waals surface area (Å²) in [7, 11) is 0. The van der Waals surface area contributed by atoms with Gasteiger partial charge in [0, 0.05) is 31.4 Å². The van der Waals surface area contributed by atoms with Crippen molar-refractivity contribution in [1.82, 2.24) is 10.2 Å². The van der Waals surface area contributed by atoms with Crippen molar-refractivity contribution in [3.63, 3.8) is 0 Å². The van der Waals surface area contributed by atoms with E-state index in [1.807, 2.05) is 11.8 Å². The summed E-state index contributed by atoms with van der Waals surface area (Å²) in [6.45, 7) is 11.9. The summed E-state index contributed by atoms with van der Waals surface area (Å²) in [4.78, 5) is 2.46. The minimum atomic E-state index is 0.378. The Labute approximate surface area is 104 Å². The average Bonchev–Trinajstić information content (AvgIpc) is 2.34. The number of thioether (sulfide) groups is 1. The van der Waals surface area contributed by atoms with Crippen molar-refractivity contribution in [1.29, 1.82) is 0 Å². The first-order valence-corrected chi connectivity index (χ1v) is 7.56. The first kappa shape index (κ1) is 14.3. The Kier molecular flexibility index (Phi) is 7.45. The van der Waals surface area contributed by atoms with Crippen molar-refractivity contribution >= 4 is 11.8 Å². The Morgan fingerprint density at radius 3 is 3.00 bits per heavy atom. The molecule has 2 unspecified atom stereocenters. The quantitative estimate of drug-likeness (QED) is 0.735. The van der Waals surface area contributed by atoms with Gasteiger partial charge in [0.25, 0.3) is 0 Å². The second kappa shape index (κ2) is 8.34. The van der Waals surface area contributed by atoms with Gasteiger partial charge in [0.2, 0.25) is 0 Å². The molecule has 0 spiro atoms. The van der Waals surface area contributed by atoms with Crippen LogP contribution in [0.25, 0.3) is 0 Å². The van der Waals surface area contributed by atoms with E-state index in [0.29, 0.717) is 12.1 Å². The minimum Gasteiger partial charge on any atom is -0.374 e. The zero-order chi connectivity index (χ0) is 11.8. The SMILES string of the molecule is CCSCC(C)NCC1CN(CC)CCO1. The molecule has 0 amide bonds. The van der Waals surface area contributed by atoms with Gasteiger partial charge in [0.15, 0.2) is 0 Å². The lowest BCUT2D eigenvalue weighted by molar-refractivity contribution is -0.0259. The Morgan fingerprint density at radius 2 is 2.31 bits per heavy atom. The highest BCUT2D eigenvalue weighted by Gasteiger charge is 2.19. The van der Waals surface area contributed by atoms with Crippen LogP contribution in [-0.2, 0) is 4.74 Å². The van der Waals surface area contributed by atoms with Gasteiger partial charge in [-0.2, -0.15) is 11.8 Å². The molecule has 1 heterocycles. The Morgan fingerprint density at radius 1 is 1.50 bits per heavy atom. The molecule has 0 radical (unpaired) electrons. The predicted octanol–water partition coefficient (Wildman–Crippen LogP) is 1.44. The molecule has 0 aromatic rings. The molecule has 3 nitrogen and oxygen atoms in total. The smallest absolute Gasteiger partial charge is 0.0826 e. The van der Waals surface area contributed by atoms with Crippen molar-refractivity contribution in [2.24, 2.45) is 0 Å². The highest BCUT2D eigenvalue weighted by molar-refractivity contribution is 7.99. The number of hydrogen-bond donors (Lipinski definition) is 1. The number of morpholine rings is 1. The molecule has 16 heavy (non-hydrogen) atoms. The minimum absolute atomic E-state index is 0.378. The Hall–Kier alpha value is 0.230. The van der Waals surface area contributed by atoms with Crippen molar-refractivity contribution in [2.45, 2.75) is 32.9 Å². The van der Waals surface area contributed by atoms with Gasteiger partial charge in [0.05, 0.1) is 12.7 Å². The first-order chi connectivity index (χ1) is 7.76. The van der Waals surface area contributed by atoms with Crippen LogP contribution in [0, 0.1) is 0 Å². The number of hydrogen-bond acceptors (Lipinski definition) is 4. The third-order valence-electron chi connectivity index (χ3n) is 2.94. The van der Waals surface area contributed by atoms with Crippen LogP contribution in [0.5, 0.6) is 0 Å². The molecular formula is C12H26N2OS. The monoisotopic (exact) mass is 246 g/mol. The van der Waals surface area contributed by atoms with E-state index in [-0.39, 0.29) is 0 Å². The van der Waals surface area contributed by atoms with E-state index in [2.05, 4.69) is 31.0 Å². The van der Waals surface area contributed by atoms with Crippen LogP contribution >= 0.6 is 11.8 Å². The van der Waals surface area contributed by atoms with Crippen LogP contribution in [0.2, 0.25) is 0 Å². The fraction of sp³-hybridized carbons (Fsp3) is 1.00. The summed E-state index contributed by atoms with van der Waals surface area (Å²) in [6.07, 6.45) is 0.378. The van der Waals surface area contributed by atoms with Crippen molar-refractivity contribution in [3.05, 3.63) is 0 Å². The van der Waals surface area contributed by atoms with Gasteiger partial charge in [-0.1, -0.05) is 13.8 Å². The second-order valence-electron chi connectivity index (χ2n) is 4.35. The summed E-state index contributed by atoms with van der Waals surface area (Å²) in [6, 6.07) is 0.588. The van der Waals surface area contributed by atoms with Gasteiger partial charge >= 0.3 is 0 Å². The van der Waals surface area contributed by atoms with E-state index in [4.69, 9.17) is 4.74 Å². The van der Waals surface area contributed by atoms with Gasteiger partial charge in [-0.3, -0.25) is 4.90 Å². The standard InChI is InChI=1S/C12H26N2OS/c1-4-14-6-7-15-12(9-14)8-13-11(3)10-16-5-2/h11-13H,4-10H2,1-3H3. The van der Waals surface area contributed by atoms with Crippen LogP contribution in [-0.4, -0.2) is 61.3 Å². The highest BCUT2D eigenvalue weighted by Crippen LogP contribution is 2.05. The number of rotatable bonds is 7. The van der Waals surface area contributed by atoms with Crippen molar-refractivity contribution in [3.8, 4) is 0 Å². The first-order valence-electron chi connectivity index (χ1n) is 6.41.